The number of para-hydroxylation sites is 1. The number of benzene rings is 2. The van der Waals surface area contributed by atoms with Crippen LogP contribution in [0.3, 0.4) is 0 Å². The van der Waals surface area contributed by atoms with Crippen molar-refractivity contribution in [2.24, 2.45) is 0 Å². The van der Waals surface area contributed by atoms with Gasteiger partial charge in [0.05, 0.1) is 17.9 Å². The van der Waals surface area contributed by atoms with Crippen molar-refractivity contribution in [2.45, 2.75) is 51.4 Å². The van der Waals surface area contributed by atoms with Gasteiger partial charge in [-0.2, -0.15) is 0 Å². The molecule has 2 aromatic carbocycles. The van der Waals surface area contributed by atoms with Gasteiger partial charge in [-0.25, -0.2) is 0 Å². The minimum absolute atomic E-state index is 0.0238. The summed E-state index contributed by atoms with van der Waals surface area (Å²) in [6, 6.07) is 20.0. The highest BCUT2D eigenvalue weighted by molar-refractivity contribution is 6.08. The second-order valence-corrected chi connectivity index (χ2v) is 8.74. The van der Waals surface area contributed by atoms with Crippen LogP contribution >= 0.6 is 0 Å². The Morgan fingerprint density at radius 2 is 1.75 bits per heavy atom. The Hall–Kier alpha value is -3.40. The average molecular weight is 426 g/mol. The number of rotatable bonds is 4. The van der Waals surface area contributed by atoms with Crippen LogP contribution in [-0.4, -0.2) is 11.7 Å². The van der Waals surface area contributed by atoms with Crippen LogP contribution < -0.4 is 4.90 Å². The Morgan fingerprint density at radius 3 is 2.47 bits per heavy atom. The number of amides is 1. The van der Waals surface area contributed by atoms with E-state index in [0.29, 0.717) is 18.6 Å². The van der Waals surface area contributed by atoms with Gasteiger partial charge in [0.15, 0.2) is 5.78 Å². The van der Waals surface area contributed by atoms with Crippen molar-refractivity contribution in [3.8, 4) is 0 Å². The maximum Gasteiger partial charge on any atom is 0.232 e. The molecule has 0 N–H and O–H groups in total. The summed E-state index contributed by atoms with van der Waals surface area (Å²) in [7, 11) is 0. The van der Waals surface area contributed by atoms with Crippen LogP contribution in [0.25, 0.3) is 0 Å². The minimum atomic E-state index is -0.318. The van der Waals surface area contributed by atoms with E-state index in [1.54, 1.807) is 6.26 Å². The number of hydrogen-bond donors (Lipinski definition) is 0. The van der Waals surface area contributed by atoms with Gasteiger partial charge in [0.2, 0.25) is 5.91 Å². The fourth-order valence-corrected chi connectivity index (χ4v) is 5.31. The van der Waals surface area contributed by atoms with E-state index in [9.17, 15) is 9.59 Å². The van der Waals surface area contributed by atoms with Crippen molar-refractivity contribution in [2.75, 3.05) is 4.90 Å². The third kappa shape index (κ3) is 3.40. The Labute approximate surface area is 188 Å². The van der Waals surface area contributed by atoms with Crippen molar-refractivity contribution in [3.05, 3.63) is 101 Å². The fraction of sp³-hybridized carbons (Fsp3) is 0.286. The van der Waals surface area contributed by atoms with Crippen LogP contribution in [0.2, 0.25) is 0 Å². The molecule has 32 heavy (non-hydrogen) atoms. The number of carbonyl (C=O) groups is 2. The summed E-state index contributed by atoms with van der Waals surface area (Å²) in [5, 5.41) is 0. The van der Waals surface area contributed by atoms with Crippen LogP contribution in [0.4, 0.5) is 5.69 Å². The second-order valence-electron chi connectivity index (χ2n) is 8.74. The van der Waals surface area contributed by atoms with E-state index in [0.717, 1.165) is 40.1 Å². The molecule has 5 rings (SSSR count). The molecule has 2 heterocycles. The van der Waals surface area contributed by atoms with E-state index in [4.69, 9.17) is 4.42 Å². The summed E-state index contributed by atoms with van der Waals surface area (Å²) in [6.45, 7) is 4.15. The fourth-order valence-electron chi connectivity index (χ4n) is 5.31. The summed E-state index contributed by atoms with van der Waals surface area (Å²) in [5.74, 6) is 0.572. The molecule has 1 aliphatic heterocycles. The highest BCUT2D eigenvalue weighted by Gasteiger charge is 2.44. The Kier molecular flexibility index (Phi) is 5.30. The molecule has 4 nitrogen and oxygen atoms in total. The van der Waals surface area contributed by atoms with Gasteiger partial charge in [-0.05, 0) is 54.5 Å². The summed E-state index contributed by atoms with van der Waals surface area (Å²) in [4.78, 5) is 29.1. The number of allylic oxidation sites excluding steroid dienone is 2. The summed E-state index contributed by atoms with van der Waals surface area (Å²) in [6.07, 6.45) is 3.79. The zero-order chi connectivity index (χ0) is 22.2. The van der Waals surface area contributed by atoms with E-state index in [1.807, 2.05) is 54.3 Å². The quantitative estimate of drug-likeness (QED) is 0.510. The Balaban J connectivity index is 1.70. The molecular formula is C28H27NO3. The molecule has 0 spiro atoms. The van der Waals surface area contributed by atoms with Crippen LogP contribution in [0.15, 0.2) is 82.6 Å². The van der Waals surface area contributed by atoms with Gasteiger partial charge in [0.1, 0.15) is 5.76 Å². The van der Waals surface area contributed by atoms with Gasteiger partial charge in [-0.15, -0.1) is 0 Å². The first-order chi connectivity index (χ1) is 15.6. The number of anilines is 1. The van der Waals surface area contributed by atoms with Crippen molar-refractivity contribution < 1.29 is 14.0 Å². The molecule has 162 valence electrons. The Bertz CT molecular complexity index is 1190. The van der Waals surface area contributed by atoms with Crippen LogP contribution in [-0.2, 0) is 16.0 Å². The predicted octanol–water partition coefficient (Wildman–Crippen LogP) is 6.07. The van der Waals surface area contributed by atoms with E-state index < -0.39 is 0 Å². The Morgan fingerprint density at radius 1 is 0.938 bits per heavy atom. The molecule has 2 aliphatic rings. The van der Waals surface area contributed by atoms with Crippen molar-refractivity contribution in [1.82, 2.24) is 0 Å². The molecule has 2 atom stereocenters. The number of hydrogen-bond acceptors (Lipinski definition) is 3. The number of furan rings is 1. The topological polar surface area (TPSA) is 50.5 Å². The molecule has 1 amide bonds. The lowest BCUT2D eigenvalue weighted by Crippen LogP contribution is -2.42. The zero-order valence-corrected chi connectivity index (χ0v) is 18.5. The standard InChI is InChI=1S/C28H27NO3/c1-3-19-12-7-9-18(2)28(19)29-23-15-21(20-10-5-4-6-11-20)16-24(30)27(23)22(17-26(29)31)25-13-8-14-32-25/h4-14,21-22H,3,15-17H2,1-2H3. The van der Waals surface area contributed by atoms with E-state index in [2.05, 4.69) is 25.1 Å². The molecule has 0 saturated carbocycles. The molecule has 0 fully saturated rings. The van der Waals surface area contributed by atoms with Crippen LogP contribution in [0.5, 0.6) is 0 Å². The highest BCUT2D eigenvalue weighted by atomic mass is 16.3. The molecule has 0 bridgehead atoms. The predicted molar refractivity (Wildman–Crippen MR) is 125 cm³/mol. The summed E-state index contributed by atoms with van der Waals surface area (Å²) in [5.41, 5.74) is 5.84. The lowest BCUT2D eigenvalue weighted by Gasteiger charge is -2.41. The SMILES string of the molecule is CCc1cccc(C)c1N1C(=O)CC(c2ccco2)C2=C1CC(c1ccccc1)CC2=O. The monoisotopic (exact) mass is 425 g/mol. The van der Waals surface area contributed by atoms with Crippen molar-refractivity contribution in [3.63, 3.8) is 0 Å². The van der Waals surface area contributed by atoms with E-state index in [1.165, 1.54) is 0 Å². The molecule has 2 unspecified atom stereocenters. The maximum atomic E-state index is 13.7. The number of Topliss-reactive ketones (excluding diaryl/α,β-unsaturated/α-hetero) is 1. The van der Waals surface area contributed by atoms with Gasteiger partial charge in [-0.3, -0.25) is 14.5 Å². The minimum Gasteiger partial charge on any atom is -0.469 e. The second kappa shape index (κ2) is 8.27. The number of ketones is 1. The van der Waals surface area contributed by atoms with Gasteiger partial charge in [0.25, 0.3) is 0 Å². The molecule has 1 aromatic heterocycles. The van der Waals surface area contributed by atoms with E-state index in [-0.39, 0.29) is 29.9 Å². The van der Waals surface area contributed by atoms with E-state index >= 15 is 0 Å². The number of aryl methyl sites for hydroxylation is 2. The average Bonchev–Trinajstić information content (AvgIpc) is 3.34. The van der Waals surface area contributed by atoms with Gasteiger partial charge in [0, 0.05) is 24.1 Å². The normalized spacial score (nSPS) is 21.1. The third-order valence-corrected chi connectivity index (χ3v) is 6.81. The molecule has 4 heteroatoms. The molecule has 0 radical (unpaired) electrons. The largest absolute Gasteiger partial charge is 0.469 e. The van der Waals surface area contributed by atoms with Gasteiger partial charge >= 0.3 is 0 Å². The van der Waals surface area contributed by atoms with Crippen molar-refractivity contribution in [1.29, 1.82) is 0 Å². The lowest BCUT2D eigenvalue weighted by atomic mass is 9.74. The zero-order valence-electron chi connectivity index (χ0n) is 18.5. The summed E-state index contributed by atoms with van der Waals surface area (Å²) >= 11 is 0. The molecule has 0 saturated heterocycles. The molecular weight excluding hydrogens is 398 g/mol. The highest BCUT2D eigenvalue weighted by Crippen LogP contribution is 2.48. The van der Waals surface area contributed by atoms with Crippen molar-refractivity contribution >= 4 is 17.4 Å². The molecule has 3 aromatic rings. The smallest absolute Gasteiger partial charge is 0.232 e. The summed E-state index contributed by atoms with van der Waals surface area (Å²) < 4.78 is 5.68. The first-order valence-corrected chi connectivity index (χ1v) is 11.3. The van der Waals surface area contributed by atoms with Crippen LogP contribution in [0.1, 0.15) is 60.5 Å². The molecule has 1 aliphatic carbocycles. The maximum absolute atomic E-state index is 13.7. The third-order valence-electron chi connectivity index (χ3n) is 6.81. The van der Waals surface area contributed by atoms with Gasteiger partial charge < -0.3 is 4.42 Å². The first-order valence-electron chi connectivity index (χ1n) is 11.3. The number of carbonyl (C=O) groups excluding carboxylic acids is 2. The first kappa shape index (κ1) is 20.5. The van der Waals surface area contributed by atoms with Gasteiger partial charge in [-0.1, -0.05) is 55.5 Å². The number of nitrogens with zero attached hydrogens (tertiary/aromatic N) is 1. The van der Waals surface area contributed by atoms with Crippen LogP contribution in [0, 0.1) is 6.92 Å². The lowest BCUT2D eigenvalue weighted by molar-refractivity contribution is -0.120.